The van der Waals surface area contributed by atoms with Crippen molar-refractivity contribution in [2.24, 2.45) is 0 Å². The fraction of sp³-hybridized carbons (Fsp3) is 0.444. The van der Waals surface area contributed by atoms with Crippen LogP contribution in [0.1, 0.15) is 41.4 Å². The number of carbonyl (C=O) groups excluding carboxylic acids is 1. The van der Waals surface area contributed by atoms with E-state index in [0.717, 1.165) is 47.8 Å². The van der Waals surface area contributed by atoms with Gasteiger partial charge in [0, 0.05) is 18.5 Å². The van der Waals surface area contributed by atoms with Gasteiger partial charge in [0.25, 0.3) is 5.91 Å². The average Bonchev–Trinajstić information content (AvgIpc) is 2.82. The number of carboxylic acid groups (broad SMARTS) is 1. The van der Waals surface area contributed by atoms with Crippen LogP contribution in [0.25, 0.3) is 10.9 Å². The highest BCUT2D eigenvalue weighted by Crippen LogP contribution is 2.32. The van der Waals surface area contributed by atoms with Gasteiger partial charge in [0.05, 0.1) is 5.52 Å². The standard InChI is InChI=1S/C18H22N2O3/c1-3-4-9-19-10-8-14-13-7-5-6-12(2)16(13)20(11-15(21)22)17(14)18(19)23/h5-7H,3-4,8-11H2,1-2H3,(H,21,22). The van der Waals surface area contributed by atoms with Gasteiger partial charge in [0.2, 0.25) is 0 Å². The maximum absolute atomic E-state index is 12.9. The van der Waals surface area contributed by atoms with E-state index in [1.807, 2.05) is 30.0 Å². The van der Waals surface area contributed by atoms with E-state index in [0.29, 0.717) is 12.2 Å². The zero-order valence-corrected chi connectivity index (χ0v) is 13.6. The minimum atomic E-state index is -0.925. The molecule has 23 heavy (non-hydrogen) atoms. The summed E-state index contributed by atoms with van der Waals surface area (Å²) < 4.78 is 1.70. The van der Waals surface area contributed by atoms with E-state index >= 15 is 0 Å². The zero-order chi connectivity index (χ0) is 16.6. The van der Waals surface area contributed by atoms with Gasteiger partial charge in [-0.3, -0.25) is 9.59 Å². The van der Waals surface area contributed by atoms with Crippen LogP contribution in [0.5, 0.6) is 0 Å². The van der Waals surface area contributed by atoms with E-state index in [4.69, 9.17) is 0 Å². The normalized spacial score (nSPS) is 14.3. The summed E-state index contributed by atoms with van der Waals surface area (Å²) in [6, 6.07) is 5.93. The van der Waals surface area contributed by atoms with Gasteiger partial charge >= 0.3 is 5.97 Å². The molecule has 0 unspecified atom stereocenters. The van der Waals surface area contributed by atoms with Crippen LogP contribution in [0.3, 0.4) is 0 Å². The molecule has 0 spiro atoms. The number of amides is 1. The number of carbonyl (C=O) groups is 2. The Balaban J connectivity index is 2.17. The van der Waals surface area contributed by atoms with Crippen molar-refractivity contribution >= 4 is 22.8 Å². The number of aliphatic carboxylic acids is 1. The number of unbranched alkanes of at least 4 members (excludes halogenated alkanes) is 1. The van der Waals surface area contributed by atoms with Crippen molar-refractivity contribution in [1.29, 1.82) is 0 Å². The molecular weight excluding hydrogens is 292 g/mol. The second-order valence-electron chi connectivity index (χ2n) is 6.17. The molecule has 2 aromatic rings. The third kappa shape index (κ3) is 2.60. The number of fused-ring (bicyclic) bond motifs is 3. The average molecular weight is 314 g/mol. The number of aromatic nitrogens is 1. The van der Waals surface area contributed by atoms with Gasteiger partial charge in [-0.15, -0.1) is 0 Å². The molecule has 1 amide bonds. The van der Waals surface area contributed by atoms with E-state index in [-0.39, 0.29) is 12.5 Å². The maximum Gasteiger partial charge on any atom is 0.323 e. The Morgan fingerprint density at radius 2 is 2.13 bits per heavy atom. The lowest BCUT2D eigenvalue weighted by molar-refractivity contribution is -0.137. The zero-order valence-electron chi connectivity index (χ0n) is 13.6. The minimum Gasteiger partial charge on any atom is -0.480 e. The van der Waals surface area contributed by atoms with Crippen LogP contribution in [0.4, 0.5) is 0 Å². The van der Waals surface area contributed by atoms with Crippen molar-refractivity contribution in [3.05, 3.63) is 35.0 Å². The van der Waals surface area contributed by atoms with Crippen molar-refractivity contribution in [2.75, 3.05) is 13.1 Å². The largest absolute Gasteiger partial charge is 0.480 e. The number of nitrogens with zero attached hydrogens (tertiary/aromatic N) is 2. The van der Waals surface area contributed by atoms with Gasteiger partial charge in [-0.2, -0.15) is 0 Å². The molecule has 1 aromatic carbocycles. The molecule has 1 aromatic heterocycles. The number of rotatable bonds is 5. The van der Waals surface area contributed by atoms with Crippen LogP contribution in [0, 0.1) is 6.92 Å². The molecule has 0 saturated carbocycles. The fourth-order valence-corrected chi connectivity index (χ4v) is 3.51. The molecule has 5 nitrogen and oxygen atoms in total. The van der Waals surface area contributed by atoms with Crippen LogP contribution in [0.15, 0.2) is 18.2 Å². The van der Waals surface area contributed by atoms with Gasteiger partial charge in [0.1, 0.15) is 12.2 Å². The Bertz CT molecular complexity index is 776. The predicted molar refractivity (Wildman–Crippen MR) is 88.8 cm³/mol. The molecule has 2 heterocycles. The molecular formula is C18H22N2O3. The highest BCUT2D eigenvalue weighted by molar-refractivity contribution is 6.04. The topological polar surface area (TPSA) is 62.5 Å². The third-order valence-electron chi connectivity index (χ3n) is 4.59. The van der Waals surface area contributed by atoms with Crippen LogP contribution >= 0.6 is 0 Å². The number of benzene rings is 1. The minimum absolute atomic E-state index is 0.0310. The third-order valence-corrected chi connectivity index (χ3v) is 4.59. The van der Waals surface area contributed by atoms with Gasteiger partial charge < -0.3 is 14.6 Å². The van der Waals surface area contributed by atoms with Gasteiger partial charge in [-0.1, -0.05) is 31.5 Å². The van der Waals surface area contributed by atoms with E-state index in [9.17, 15) is 14.7 Å². The van der Waals surface area contributed by atoms with Crippen molar-refractivity contribution in [3.63, 3.8) is 0 Å². The molecule has 3 rings (SSSR count). The quantitative estimate of drug-likeness (QED) is 0.923. The Kier molecular flexibility index (Phi) is 4.11. The van der Waals surface area contributed by atoms with Crippen LogP contribution in [-0.4, -0.2) is 39.5 Å². The number of hydrogen-bond donors (Lipinski definition) is 1. The van der Waals surface area contributed by atoms with Crippen molar-refractivity contribution in [3.8, 4) is 0 Å². The van der Waals surface area contributed by atoms with Crippen molar-refractivity contribution < 1.29 is 14.7 Å². The summed E-state index contributed by atoms with van der Waals surface area (Å²) >= 11 is 0. The molecule has 0 atom stereocenters. The first-order valence-corrected chi connectivity index (χ1v) is 8.16. The summed E-state index contributed by atoms with van der Waals surface area (Å²) in [5, 5.41) is 10.3. The first-order valence-electron chi connectivity index (χ1n) is 8.16. The van der Waals surface area contributed by atoms with E-state index in [1.165, 1.54) is 0 Å². The Labute approximate surface area is 135 Å². The summed E-state index contributed by atoms with van der Waals surface area (Å²) in [4.78, 5) is 26.1. The lowest BCUT2D eigenvalue weighted by atomic mass is 10.0. The van der Waals surface area contributed by atoms with Crippen LogP contribution < -0.4 is 0 Å². The summed E-state index contributed by atoms with van der Waals surface area (Å²) in [6.07, 6.45) is 2.80. The smallest absolute Gasteiger partial charge is 0.323 e. The van der Waals surface area contributed by atoms with Crippen LogP contribution in [0.2, 0.25) is 0 Å². The first-order chi connectivity index (χ1) is 11.0. The Morgan fingerprint density at radius 1 is 1.35 bits per heavy atom. The Hall–Kier alpha value is -2.30. The number of aryl methyl sites for hydroxylation is 1. The molecule has 1 N–H and O–H groups in total. The SMILES string of the molecule is CCCCN1CCc2c(n(CC(=O)O)c3c(C)cccc23)C1=O. The molecule has 1 aliphatic heterocycles. The summed E-state index contributed by atoms with van der Waals surface area (Å²) in [5.74, 6) is -0.956. The molecule has 0 fully saturated rings. The molecule has 0 aliphatic carbocycles. The highest BCUT2D eigenvalue weighted by atomic mass is 16.4. The van der Waals surface area contributed by atoms with E-state index < -0.39 is 5.97 Å². The van der Waals surface area contributed by atoms with Crippen molar-refractivity contribution in [1.82, 2.24) is 9.47 Å². The molecule has 5 heteroatoms. The summed E-state index contributed by atoms with van der Waals surface area (Å²) in [6.45, 7) is 5.34. The molecule has 0 saturated heterocycles. The lowest BCUT2D eigenvalue weighted by Crippen LogP contribution is -2.39. The first kappa shape index (κ1) is 15.6. The highest BCUT2D eigenvalue weighted by Gasteiger charge is 2.31. The van der Waals surface area contributed by atoms with E-state index in [1.54, 1.807) is 4.57 Å². The van der Waals surface area contributed by atoms with Gasteiger partial charge in [0.15, 0.2) is 0 Å². The molecule has 1 aliphatic rings. The monoisotopic (exact) mass is 314 g/mol. The number of carboxylic acids is 1. The fourth-order valence-electron chi connectivity index (χ4n) is 3.51. The maximum atomic E-state index is 12.9. The predicted octanol–water partition coefficient (Wildman–Crippen LogP) is 2.83. The molecule has 122 valence electrons. The second kappa shape index (κ2) is 6.07. The van der Waals surface area contributed by atoms with Gasteiger partial charge in [-0.25, -0.2) is 0 Å². The van der Waals surface area contributed by atoms with Crippen molar-refractivity contribution in [2.45, 2.75) is 39.7 Å². The Morgan fingerprint density at radius 3 is 2.83 bits per heavy atom. The summed E-state index contributed by atoms with van der Waals surface area (Å²) in [7, 11) is 0. The van der Waals surface area contributed by atoms with Crippen LogP contribution in [-0.2, 0) is 17.8 Å². The number of para-hydroxylation sites is 1. The summed E-state index contributed by atoms with van der Waals surface area (Å²) in [5.41, 5.74) is 3.46. The van der Waals surface area contributed by atoms with E-state index in [2.05, 4.69) is 6.92 Å². The lowest BCUT2D eigenvalue weighted by Gasteiger charge is -2.28. The molecule has 0 radical (unpaired) electrons. The number of hydrogen-bond acceptors (Lipinski definition) is 2. The second-order valence-corrected chi connectivity index (χ2v) is 6.17. The van der Waals surface area contributed by atoms with Gasteiger partial charge in [-0.05, 0) is 30.9 Å². The molecule has 0 bridgehead atoms.